The molecule has 0 saturated carbocycles. The summed E-state index contributed by atoms with van der Waals surface area (Å²) >= 11 is 0. The van der Waals surface area contributed by atoms with Gasteiger partial charge in [0.05, 0.1) is 29.7 Å². The molecule has 1 aliphatic rings. The van der Waals surface area contributed by atoms with Crippen molar-refractivity contribution in [1.82, 2.24) is 9.29 Å². The normalized spacial score (nSPS) is 15.7. The molecule has 1 aromatic heterocycles. The third-order valence-electron chi connectivity index (χ3n) is 3.56. The van der Waals surface area contributed by atoms with Gasteiger partial charge in [-0.25, -0.2) is 17.6 Å². The molecule has 1 saturated heterocycles. The molecule has 2 aromatic rings. The van der Waals surface area contributed by atoms with E-state index in [4.69, 9.17) is 9.84 Å². The van der Waals surface area contributed by atoms with Gasteiger partial charge < -0.3 is 9.84 Å². The van der Waals surface area contributed by atoms with Crippen LogP contribution in [0, 0.1) is 5.82 Å². The topological polar surface area (TPSA) is 96.8 Å². The van der Waals surface area contributed by atoms with Crippen LogP contribution in [0.25, 0.3) is 0 Å². The van der Waals surface area contributed by atoms with E-state index in [-0.39, 0.29) is 24.1 Å². The zero-order chi connectivity index (χ0) is 17.3. The van der Waals surface area contributed by atoms with Crippen molar-refractivity contribution in [2.24, 2.45) is 0 Å². The Balaban J connectivity index is 1.72. The van der Waals surface area contributed by atoms with Gasteiger partial charge in [0.25, 0.3) is 0 Å². The summed E-state index contributed by atoms with van der Waals surface area (Å²) in [5, 5.41) is 8.90. The first-order valence-electron chi connectivity index (χ1n) is 6.97. The van der Waals surface area contributed by atoms with Crippen molar-refractivity contribution in [3.8, 4) is 5.75 Å². The lowest BCUT2D eigenvalue weighted by atomic mass is 10.2. The first-order chi connectivity index (χ1) is 11.4. The molecule has 24 heavy (non-hydrogen) atoms. The zero-order valence-electron chi connectivity index (χ0n) is 12.3. The van der Waals surface area contributed by atoms with E-state index in [1.54, 1.807) is 18.3 Å². The molecular weight excluding hydrogens is 339 g/mol. The highest BCUT2D eigenvalue weighted by molar-refractivity contribution is 7.89. The maximum Gasteiger partial charge on any atom is 0.338 e. The van der Waals surface area contributed by atoms with Gasteiger partial charge in [0.15, 0.2) is 0 Å². The van der Waals surface area contributed by atoms with E-state index in [2.05, 4.69) is 4.98 Å². The Hall–Kier alpha value is -2.52. The molecule has 2 heterocycles. The molecular formula is C15H13FN2O5S. The molecule has 0 atom stereocenters. The van der Waals surface area contributed by atoms with Crippen LogP contribution < -0.4 is 4.74 Å². The number of hydrogen-bond acceptors (Lipinski definition) is 5. The van der Waals surface area contributed by atoms with Crippen LogP contribution >= 0.6 is 0 Å². The molecule has 0 amide bonds. The van der Waals surface area contributed by atoms with Gasteiger partial charge in [-0.2, -0.15) is 4.31 Å². The van der Waals surface area contributed by atoms with Gasteiger partial charge in [-0.05, 0) is 30.3 Å². The summed E-state index contributed by atoms with van der Waals surface area (Å²) in [5.74, 6) is -1.97. The maximum absolute atomic E-state index is 13.4. The van der Waals surface area contributed by atoms with Crippen molar-refractivity contribution in [2.45, 2.75) is 11.0 Å². The Morgan fingerprint density at radius 3 is 2.71 bits per heavy atom. The fourth-order valence-electron chi connectivity index (χ4n) is 2.26. The highest BCUT2D eigenvalue weighted by Gasteiger charge is 2.38. The number of nitrogens with zero attached hydrogens (tertiary/aromatic N) is 2. The van der Waals surface area contributed by atoms with E-state index in [0.717, 1.165) is 22.5 Å². The monoisotopic (exact) mass is 352 g/mol. The summed E-state index contributed by atoms with van der Waals surface area (Å²) < 4.78 is 45.0. The predicted molar refractivity (Wildman–Crippen MR) is 80.8 cm³/mol. The van der Waals surface area contributed by atoms with Gasteiger partial charge in [-0.15, -0.1) is 0 Å². The number of aromatic nitrogens is 1. The summed E-state index contributed by atoms with van der Waals surface area (Å²) in [6, 6.07) is 6.12. The second-order valence-electron chi connectivity index (χ2n) is 5.20. The van der Waals surface area contributed by atoms with E-state index >= 15 is 0 Å². The van der Waals surface area contributed by atoms with Crippen LogP contribution in [-0.2, 0) is 10.0 Å². The van der Waals surface area contributed by atoms with Crippen molar-refractivity contribution in [3.63, 3.8) is 0 Å². The number of carboxylic acid groups (broad SMARTS) is 1. The van der Waals surface area contributed by atoms with Crippen LogP contribution in [0.3, 0.4) is 0 Å². The summed E-state index contributed by atoms with van der Waals surface area (Å²) in [6.07, 6.45) is 2.80. The fourth-order valence-corrected chi connectivity index (χ4v) is 3.79. The number of carboxylic acids is 1. The SMILES string of the molecule is O=C(O)c1cc(S(=O)(=O)N2CC(Oc3cccnc3)C2)ccc1F. The highest BCUT2D eigenvalue weighted by Crippen LogP contribution is 2.25. The van der Waals surface area contributed by atoms with Crippen molar-refractivity contribution >= 4 is 16.0 Å². The van der Waals surface area contributed by atoms with Crippen molar-refractivity contribution in [2.75, 3.05) is 13.1 Å². The number of aromatic carboxylic acids is 1. The number of sulfonamides is 1. The average Bonchev–Trinajstić information content (AvgIpc) is 2.51. The number of halogens is 1. The molecule has 0 unspecified atom stereocenters. The van der Waals surface area contributed by atoms with Crippen LogP contribution in [0.2, 0.25) is 0 Å². The quantitative estimate of drug-likeness (QED) is 0.873. The lowest BCUT2D eigenvalue weighted by Crippen LogP contribution is -2.55. The molecule has 126 valence electrons. The summed E-state index contributed by atoms with van der Waals surface area (Å²) in [6.45, 7) is 0.244. The number of rotatable bonds is 5. The Morgan fingerprint density at radius 1 is 1.33 bits per heavy atom. The molecule has 9 heteroatoms. The highest BCUT2D eigenvalue weighted by atomic mass is 32.2. The van der Waals surface area contributed by atoms with Gasteiger partial charge in [0, 0.05) is 6.20 Å². The Morgan fingerprint density at radius 2 is 2.08 bits per heavy atom. The van der Waals surface area contributed by atoms with Crippen LogP contribution in [0.5, 0.6) is 5.75 Å². The van der Waals surface area contributed by atoms with Crippen molar-refractivity contribution in [1.29, 1.82) is 0 Å². The Kier molecular flexibility index (Phi) is 4.20. The van der Waals surface area contributed by atoms with Crippen LogP contribution in [-0.4, -0.2) is 48.0 Å². The predicted octanol–water partition coefficient (Wildman–Crippen LogP) is 1.37. The molecule has 0 radical (unpaired) electrons. The number of benzene rings is 1. The standard InChI is InChI=1S/C15H13FN2O5S/c16-14-4-3-12(6-13(14)15(19)20)24(21,22)18-8-11(9-18)23-10-2-1-5-17-7-10/h1-7,11H,8-9H2,(H,19,20). The third kappa shape index (κ3) is 3.08. The fraction of sp³-hybridized carbons (Fsp3) is 0.200. The van der Waals surface area contributed by atoms with Gasteiger partial charge in [-0.3, -0.25) is 4.98 Å². The van der Waals surface area contributed by atoms with E-state index < -0.39 is 27.4 Å². The average molecular weight is 352 g/mol. The van der Waals surface area contributed by atoms with Crippen molar-refractivity contribution in [3.05, 3.63) is 54.1 Å². The maximum atomic E-state index is 13.4. The molecule has 0 spiro atoms. The van der Waals surface area contributed by atoms with Gasteiger partial charge >= 0.3 is 5.97 Å². The largest absolute Gasteiger partial charge is 0.486 e. The van der Waals surface area contributed by atoms with Crippen LogP contribution in [0.4, 0.5) is 4.39 Å². The molecule has 0 bridgehead atoms. The van der Waals surface area contributed by atoms with Gasteiger partial charge in [0.2, 0.25) is 10.0 Å². The van der Waals surface area contributed by atoms with Gasteiger partial charge in [-0.1, -0.05) is 0 Å². The second-order valence-corrected chi connectivity index (χ2v) is 7.14. The molecule has 1 N–H and O–H groups in total. The molecule has 7 nitrogen and oxygen atoms in total. The minimum absolute atomic E-state index is 0.122. The molecule has 1 aromatic carbocycles. The lowest BCUT2D eigenvalue weighted by Gasteiger charge is -2.37. The number of hydrogen-bond donors (Lipinski definition) is 1. The first kappa shape index (κ1) is 16.3. The first-order valence-corrected chi connectivity index (χ1v) is 8.41. The molecule has 0 aliphatic carbocycles. The van der Waals surface area contributed by atoms with Crippen LogP contribution in [0.15, 0.2) is 47.6 Å². The number of carbonyl (C=O) groups is 1. The third-order valence-corrected chi connectivity index (χ3v) is 5.39. The Bertz CT molecular complexity index is 867. The number of ether oxygens (including phenoxy) is 1. The molecule has 1 fully saturated rings. The summed E-state index contributed by atoms with van der Waals surface area (Å²) in [7, 11) is -3.89. The van der Waals surface area contributed by atoms with Gasteiger partial charge in [0.1, 0.15) is 17.7 Å². The van der Waals surface area contributed by atoms with E-state index in [1.165, 1.54) is 6.20 Å². The minimum Gasteiger partial charge on any atom is -0.486 e. The molecule has 1 aliphatic heterocycles. The van der Waals surface area contributed by atoms with Crippen LogP contribution in [0.1, 0.15) is 10.4 Å². The number of pyridine rings is 1. The van der Waals surface area contributed by atoms with E-state index in [0.29, 0.717) is 5.75 Å². The second kappa shape index (κ2) is 6.17. The Labute approximate surface area is 137 Å². The van der Waals surface area contributed by atoms with E-state index in [1.807, 2.05) is 0 Å². The summed E-state index contributed by atoms with van der Waals surface area (Å²) in [4.78, 5) is 14.6. The minimum atomic E-state index is -3.89. The lowest BCUT2D eigenvalue weighted by molar-refractivity contribution is 0.0691. The summed E-state index contributed by atoms with van der Waals surface area (Å²) in [5.41, 5.74) is -0.681. The smallest absolute Gasteiger partial charge is 0.338 e. The molecule has 3 rings (SSSR count). The van der Waals surface area contributed by atoms with E-state index in [9.17, 15) is 17.6 Å². The zero-order valence-corrected chi connectivity index (χ0v) is 13.1. The van der Waals surface area contributed by atoms with Crippen molar-refractivity contribution < 1.29 is 27.4 Å².